The van der Waals surface area contributed by atoms with Crippen LogP contribution in [0.25, 0.3) is 0 Å². The zero-order chi connectivity index (χ0) is 13.2. The number of nitrogens with one attached hydrogen (secondary N) is 1. The number of nitrogen functional groups attached to an aromatic ring is 1. The molecule has 0 atom stereocenters. The molecule has 0 radical (unpaired) electrons. The second kappa shape index (κ2) is 5.24. The first-order valence-corrected chi connectivity index (χ1v) is 7.70. The fraction of sp³-hybridized carbons (Fsp3) is 0.583. The van der Waals surface area contributed by atoms with Gasteiger partial charge in [0.05, 0.1) is 5.69 Å². The molecule has 18 heavy (non-hydrogen) atoms. The van der Waals surface area contributed by atoms with E-state index in [9.17, 15) is 8.42 Å². The van der Waals surface area contributed by atoms with E-state index in [1.54, 1.807) is 12.1 Å². The topological polar surface area (TPSA) is 85.1 Å². The van der Waals surface area contributed by atoms with Gasteiger partial charge in [-0.15, -0.1) is 0 Å². The molecule has 1 aromatic heterocycles. The lowest BCUT2D eigenvalue weighted by Crippen LogP contribution is -2.37. The summed E-state index contributed by atoms with van der Waals surface area (Å²) in [7, 11) is -3.59. The fourth-order valence-electron chi connectivity index (χ4n) is 2.28. The van der Waals surface area contributed by atoms with Crippen molar-refractivity contribution in [3.8, 4) is 0 Å². The maximum Gasteiger partial charge on any atom is 0.260 e. The number of pyridine rings is 1. The Bertz CT molecular complexity index is 508. The van der Waals surface area contributed by atoms with Gasteiger partial charge in [-0.05, 0) is 43.7 Å². The predicted octanol–water partition coefficient (Wildman–Crippen LogP) is 1.52. The summed E-state index contributed by atoms with van der Waals surface area (Å²) in [6.07, 6.45) is 5.32. The number of hydrogen-bond acceptors (Lipinski definition) is 4. The molecular formula is C12H19N3O2S. The summed E-state index contributed by atoms with van der Waals surface area (Å²) in [6, 6.07) is 3.17. The number of nitrogens with zero attached hydrogens (tertiary/aromatic N) is 1. The van der Waals surface area contributed by atoms with E-state index in [4.69, 9.17) is 5.73 Å². The third-order valence-corrected chi connectivity index (χ3v) is 4.89. The van der Waals surface area contributed by atoms with E-state index >= 15 is 0 Å². The summed E-state index contributed by atoms with van der Waals surface area (Å²) in [5.41, 5.74) is 5.84. The fourth-order valence-corrected chi connectivity index (χ4v) is 3.65. The second-order valence-electron chi connectivity index (χ2n) is 4.98. The molecule has 5 nitrogen and oxygen atoms in total. The Morgan fingerprint density at radius 2 is 2.00 bits per heavy atom. The van der Waals surface area contributed by atoms with Crippen LogP contribution in [0.4, 0.5) is 5.69 Å². The maximum atomic E-state index is 12.1. The second-order valence-corrected chi connectivity index (χ2v) is 6.61. The Hall–Kier alpha value is -1.14. The molecule has 0 unspecified atom stereocenters. The SMILES string of the molecule is CC1CCC(NS(=O)(=O)c2ncccc2N)CC1. The van der Waals surface area contributed by atoms with Gasteiger partial charge in [0.25, 0.3) is 10.0 Å². The molecule has 1 heterocycles. The van der Waals surface area contributed by atoms with Gasteiger partial charge in [0, 0.05) is 12.2 Å². The Kier molecular flexibility index (Phi) is 3.87. The van der Waals surface area contributed by atoms with Crippen LogP contribution in [-0.4, -0.2) is 19.4 Å². The van der Waals surface area contributed by atoms with Crippen molar-refractivity contribution in [1.29, 1.82) is 0 Å². The number of anilines is 1. The van der Waals surface area contributed by atoms with Gasteiger partial charge in [0.15, 0.2) is 5.03 Å². The molecule has 3 N–H and O–H groups in total. The van der Waals surface area contributed by atoms with Crippen LogP contribution in [-0.2, 0) is 10.0 Å². The number of hydrogen-bond donors (Lipinski definition) is 2. The molecule has 6 heteroatoms. The average Bonchev–Trinajstić information content (AvgIpc) is 2.32. The highest BCUT2D eigenvalue weighted by molar-refractivity contribution is 7.89. The van der Waals surface area contributed by atoms with Crippen molar-refractivity contribution in [1.82, 2.24) is 9.71 Å². The van der Waals surface area contributed by atoms with Crippen LogP contribution in [0.1, 0.15) is 32.6 Å². The van der Waals surface area contributed by atoms with E-state index in [0.717, 1.165) is 25.7 Å². The van der Waals surface area contributed by atoms with Crippen molar-refractivity contribution in [2.75, 3.05) is 5.73 Å². The van der Waals surface area contributed by atoms with Crippen molar-refractivity contribution < 1.29 is 8.42 Å². The smallest absolute Gasteiger partial charge is 0.260 e. The van der Waals surface area contributed by atoms with Gasteiger partial charge >= 0.3 is 0 Å². The maximum absolute atomic E-state index is 12.1. The number of rotatable bonds is 3. The summed E-state index contributed by atoms with van der Waals surface area (Å²) in [6.45, 7) is 2.20. The average molecular weight is 269 g/mol. The van der Waals surface area contributed by atoms with Crippen LogP contribution in [0, 0.1) is 5.92 Å². The summed E-state index contributed by atoms with van der Waals surface area (Å²) in [4.78, 5) is 3.85. The first-order chi connectivity index (χ1) is 8.49. The molecule has 1 aliphatic rings. The van der Waals surface area contributed by atoms with E-state index in [-0.39, 0.29) is 16.8 Å². The van der Waals surface area contributed by atoms with E-state index < -0.39 is 10.0 Å². The number of nitrogens with two attached hydrogens (primary N) is 1. The molecule has 1 fully saturated rings. The molecule has 1 saturated carbocycles. The van der Waals surface area contributed by atoms with E-state index in [2.05, 4.69) is 16.6 Å². The Morgan fingerprint density at radius 1 is 1.33 bits per heavy atom. The lowest BCUT2D eigenvalue weighted by Gasteiger charge is -2.26. The minimum Gasteiger partial charge on any atom is -0.396 e. The van der Waals surface area contributed by atoms with Crippen molar-refractivity contribution in [3.05, 3.63) is 18.3 Å². The molecule has 0 amide bonds. The normalized spacial score (nSPS) is 24.9. The third kappa shape index (κ3) is 3.00. The summed E-state index contributed by atoms with van der Waals surface area (Å²) >= 11 is 0. The Balaban J connectivity index is 2.11. The van der Waals surface area contributed by atoms with Gasteiger partial charge < -0.3 is 5.73 Å². The van der Waals surface area contributed by atoms with Crippen LogP contribution in [0.2, 0.25) is 0 Å². The molecular weight excluding hydrogens is 250 g/mol. The molecule has 1 aliphatic carbocycles. The molecule has 100 valence electrons. The van der Waals surface area contributed by atoms with Crippen molar-refractivity contribution >= 4 is 15.7 Å². The summed E-state index contributed by atoms with van der Waals surface area (Å²) < 4.78 is 27.0. The van der Waals surface area contributed by atoms with Crippen molar-refractivity contribution in [2.24, 2.45) is 5.92 Å². The minimum absolute atomic E-state index is 0.00704. The van der Waals surface area contributed by atoms with Gasteiger partial charge in [0.2, 0.25) is 0 Å². The largest absolute Gasteiger partial charge is 0.396 e. The van der Waals surface area contributed by atoms with Gasteiger partial charge in [0.1, 0.15) is 0 Å². The highest BCUT2D eigenvalue weighted by Crippen LogP contribution is 2.25. The molecule has 0 aliphatic heterocycles. The van der Waals surface area contributed by atoms with Gasteiger partial charge in [-0.2, -0.15) is 0 Å². The highest BCUT2D eigenvalue weighted by Gasteiger charge is 2.26. The molecule has 0 saturated heterocycles. The molecule has 2 rings (SSSR count). The monoisotopic (exact) mass is 269 g/mol. The molecule has 0 aromatic carbocycles. The highest BCUT2D eigenvalue weighted by atomic mass is 32.2. The molecule has 1 aromatic rings. The van der Waals surface area contributed by atoms with Crippen LogP contribution in [0.5, 0.6) is 0 Å². The van der Waals surface area contributed by atoms with Crippen LogP contribution in [0.3, 0.4) is 0 Å². The van der Waals surface area contributed by atoms with Gasteiger partial charge in [-0.3, -0.25) is 0 Å². The quantitative estimate of drug-likeness (QED) is 0.871. The van der Waals surface area contributed by atoms with E-state index in [1.165, 1.54) is 6.20 Å². The van der Waals surface area contributed by atoms with Gasteiger partial charge in [-0.1, -0.05) is 6.92 Å². The zero-order valence-electron chi connectivity index (χ0n) is 10.5. The van der Waals surface area contributed by atoms with Crippen molar-refractivity contribution in [3.63, 3.8) is 0 Å². The zero-order valence-corrected chi connectivity index (χ0v) is 11.3. The van der Waals surface area contributed by atoms with Gasteiger partial charge in [-0.25, -0.2) is 18.1 Å². The Morgan fingerprint density at radius 3 is 2.61 bits per heavy atom. The van der Waals surface area contributed by atoms with Crippen LogP contribution < -0.4 is 10.5 Å². The summed E-state index contributed by atoms with van der Waals surface area (Å²) in [5.74, 6) is 0.686. The first kappa shape index (κ1) is 13.3. The lowest BCUT2D eigenvalue weighted by atomic mass is 9.88. The lowest BCUT2D eigenvalue weighted by molar-refractivity contribution is 0.332. The molecule has 0 spiro atoms. The third-order valence-electron chi connectivity index (χ3n) is 3.39. The first-order valence-electron chi connectivity index (χ1n) is 6.22. The van der Waals surface area contributed by atoms with E-state index in [0.29, 0.717) is 5.92 Å². The number of aromatic nitrogens is 1. The summed E-state index contributed by atoms with van der Waals surface area (Å²) in [5, 5.41) is -0.0661. The minimum atomic E-state index is -3.59. The number of sulfonamides is 1. The predicted molar refractivity (Wildman–Crippen MR) is 70.4 cm³/mol. The standard InChI is InChI=1S/C12H19N3O2S/c1-9-4-6-10(7-5-9)15-18(16,17)12-11(13)3-2-8-14-12/h2-3,8-10,15H,4-7,13H2,1H3. The van der Waals surface area contributed by atoms with Crippen LogP contribution >= 0.6 is 0 Å². The van der Waals surface area contributed by atoms with Crippen molar-refractivity contribution in [2.45, 2.75) is 43.7 Å². The van der Waals surface area contributed by atoms with E-state index in [1.807, 2.05) is 0 Å². The van der Waals surface area contributed by atoms with Crippen LogP contribution in [0.15, 0.2) is 23.4 Å². The Labute approximate surface area is 108 Å². The molecule has 0 bridgehead atoms.